The van der Waals surface area contributed by atoms with Crippen molar-refractivity contribution in [1.29, 1.82) is 0 Å². The first-order valence-corrected chi connectivity index (χ1v) is 6.10. The normalized spacial score (nSPS) is 10.4. The summed E-state index contributed by atoms with van der Waals surface area (Å²) in [5, 5.41) is 8.91. The average molecular weight is 260 g/mol. The fourth-order valence-corrected chi connectivity index (χ4v) is 1.82. The molecule has 2 rings (SSSR count). The summed E-state index contributed by atoms with van der Waals surface area (Å²) < 4.78 is 7.17. The van der Waals surface area contributed by atoms with Crippen molar-refractivity contribution in [2.75, 3.05) is 6.61 Å². The van der Waals surface area contributed by atoms with Gasteiger partial charge in [0.15, 0.2) is 0 Å². The number of carbonyl (C=O) groups is 1. The minimum absolute atomic E-state index is 0.207. The molecule has 0 unspecified atom stereocenters. The van der Waals surface area contributed by atoms with E-state index in [0.29, 0.717) is 13.0 Å². The highest BCUT2D eigenvalue weighted by Crippen LogP contribution is 2.10. The van der Waals surface area contributed by atoms with Gasteiger partial charge in [-0.25, -0.2) is 9.78 Å². The molecule has 0 radical (unpaired) electrons. The Morgan fingerprint density at radius 2 is 2.11 bits per heavy atom. The maximum absolute atomic E-state index is 10.9. The molecule has 5 heteroatoms. The van der Waals surface area contributed by atoms with E-state index in [4.69, 9.17) is 9.84 Å². The molecular formula is C14H16N2O3. The number of ether oxygens (including phenoxy) is 1. The van der Waals surface area contributed by atoms with Gasteiger partial charge in [0.05, 0.1) is 12.8 Å². The molecule has 19 heavy (non-hydrogen) atoms. The standard InChI is InChI=1S/C14H16N2O3/c1-16-12(14(17)18)10-15-13(16)8-5-9-19-11-6-3-2-4-7-11/h2-4,6-7,10H,5,8-9H2,1H3,(H,17,18). The van der Waals surface area contributed by atoms with Crippen LogP contribution in [0.5, 0.6) is 5.75 Å². The molecular weight excluding hydrogens is 244 g/mol. The number of carboxylic acids is 1. The second-order valence-corrected chi connectivity index (χ2v) is 4.19. The zero-order valence-corrected chi connectivity index (χ0v) is 10.7. The van der Waals surface area contributed by atoms with Crippen LogP contribution in [0.25, 0.3) is 0 Å². The van der Waals surface area contributed by atoms with Crippen LogP contribution in [0.4, 0.5) is 0 Å². The molecule has 0 saturated carbocycles. The topological polar surface area (TPSA) is 64.4 Å². The summed E-state index contributed by atoms with van der Waals surface area (Å²) in [5.74, 6) is 0.643. The fraction of sp³-hybridized carbons (Fsp3) is 0.286. The lowest BCUT2D eigenvalue weighted by Crippen LogP contribution is -2.08. The summed E-state index contributed by atoms with van der Waals surface area (Å²) in [6, 6.07) is 9.60. The number of rotatable bonds is 6. The third-order valence-electron chi connectivity index (χ3n) is 2.86. The van der Waals surface area contributed by atoms with Gasteiger partial charge in [0.2, 0.25) is 0 Å². The van der Waals surface area contributed by atoms with Gasteiger partial charge in [-0.2, -0.15) is 0 Å². The minimum Gasteiger partial charge on any atom is -0.494 e. The molecule has 0 amide bonds. The van der Waals surface area contributed by atoms with Crippen molar-refractivity contribution in [2.24, 2.45) is 7.05 Å². The van der Waals surface area contributed by atoms with Gasteiger partial charge in [-0.1, -0.05) is 18.2 Å². The number of aromatic carboxylic acids is 1. The van der Waals surface area contributed by atoms with Crippen molar-refractivity contribution in [1.82, 2.24) is 9.55 Å². The second-order valence-electron chi connectivity index (χ2n) is 4.19. The van der Waals surface area contributed by atoms with Gasteiger partial charge in [-0.3, -0.25) is 0 Å². The van der Waals surface area contributed by atoms with E-state index in [1.807, 2.05) is 30.3 Å². The lowest BCUT2D eigenvalue weighted by Gasteiger charge is -2.06. The lowest BCUT2D eigenvalue weighted by atomic mass is 10.3. The molecule has 1 heterocycles. The quantitative estimate of drug-likeness (QED) is 0.808. The predicted molar refractivity (Wildman–Crippen MR) is 70.4 cm³/mol. The van der Waals surface area contributed by atoms with Crippen LogP contribution >= 0.6 is 0 Å². The summed E-state index contributed by atoms with van der Waals surface area (Å²) in [7, 11) is 1.71. The van der Waals surface area contributed by atoms with Gasteiger partial charge in [0.1, 0.15) is 17.3 Å². The number of hydrogen-bond donors (Lipinski definition) is 1. The SMILES string of the molecule is Cn1c(C(=O)O)cnc1CCCOc1ccccc1. The lowest BCUT2D eigenvalue weighted by molar-refractivity contribution is 0.0686. The molecule has 2 aromatic rings. The van der Waals surface area contributed by atoms with Gasteiger partial charge in [0, 0.05) is 13.5 Å². The van der Waals surface area contributed by atoms with Crippen molar-refractivity contribution in [3.8, 4) is 5.75 Å². The van der Waals surface area contributed by atoms with E-state index in [2.05, 4.69) is 4.98 Å². The number of nitrogens with zero attached hydrogens (tertiary/aromatic N) is 2. The predicted octanol–water partition coefficient (Wildman–Crippen LogP) is 2.13. The van der Waals surface area contributed by atoms with Crippen molar-refractivity contribution in [3.63, 3.8) is 0 Å². The highest BCUT2D eigenvalue weighted by molar-refractivity contribution is 5.85. The zero-order chi connectivity index (χ0) is 13.7. The van der Waals surface area contributed by atoms with Crippen LogP contribution in [0, 0.1) is 0 Å². The number of imidazole rings is 1. The van der Waals surface area contributed by atoms with Crippen LogP contribution in [0.2, 0.25) is 0 Å². The summed E-state index contributed by atoms with van der Waals surface area (Å²) in [6.07, 6.45) is 2.87. The van der Waals surface area contributed by atoms with E-state index in [0.717, 1.165) is 18.0 Å². The maximum atomic E-state index is 10.9. The molecule has 100 valence electrons. The van der Waals surface area contributed by atoms with Gasteiger partial charge in [0.25, 0.3) is 0 Å². The third-order valence-corrected chi connectivity index (χ3v) is 2.86. The van der Waals surface area contributed by atoms with E-state index in [1.165, 1.54) is 6.20 Å². The van der Waals surface area contributed by atoms with E-state index in [1.54, 1.807) is 11.6 Å². The van der Waals surface area contributed by atoms with Crippen LogP contribution in [0.1, 0.15) is 22.7 Å². The summed E-state index contributed by atoms with van der Waals surface area (Å²) in [4.78, 5) is 15.0. The molecule has 1 aromatic carbocycles. The Balaban J connectivity index is 1.82. The maximum Gasteiger partial charge on any atom is 0.354 e. The molecule has 0 bridgehead atoms. The van der Waals surface area contributed by atoms with Crippen molar-refractivity contribution in [2.45, 2.75) is 12.8 Å². The Morgan fingerprint density at radius 1 is 1.37 bits per heavy atom. The van der Waals surface area contributed by atoms with Crippen molar-refractivity contribution >= 4 is 5.97 Å². The second kappa shape index (κ2) is 6.04. The number of carboxylic acid groups (broad SMARTS) is 1. The summed E-state index contributed by atoms with van der Waals surface area (Å²) in [6.45, 7) is 0.583. The average Bonchev–Trinajstić information content (AvgIpc) is 2.77. The third kappa shape index (κ3) is 3.34. The number of aromatic nitrogens is 2. The smallest absolute Gasteiger partial charge is 0.354 e. The van der Waals surface area contributed by atoms with Crippen LogP contribution in [-0.4, -0.2) is 27.2 Å². The first kappa shape index (κ1) is 13.1. The Kier molecular flexibility index (Phi) is 4.18. The number of benzene rings is 1. The molecule has 0 fully saturated rings. The summed E-state index contributed by atoms with van der Waals surface area (Å²) in [5.41, 5.74) is 0.207. The van der Waals surface area contributed by atoms with Crippen LogP contribution in [0.3, 0.4) is 0 Å². The fourth-order valence-electron chi connectivity index (χ4n) is 1.82. The Hall–Kier alpha value is -2.30. The van der Waals surface area contributed by atoms with E-state index in [-0.39, 0.29) is 5.69 Å². The molecule has 0 saturated heterocycles. The Bertz CT molecular complexity index is 549. The molecule has 1 aromatic heterocycles. The molecule has 0 atom stereocenters. The van der Waals surface area contributed by atoms with E-state index < -0.39 is 5.97 Å². The van der Waals surface area contributed by atoms with Crippen molar-refractivity contribution < 1.29 is 14.6 Å². The van der Waals surface area contributed by atoms with E-state index >= 15 is 0 Å². The molecule has 0 spiro atoms. The van der Waals surface area contributed by atoms with Crippen molar-refractivity contribution in [3.05, 3.63) is 48.0 Å². The van der Waals surface area contributed by atoms with Crippen LogP contribution in [0.15, 0.2) is 36.5 Å². The summed E-state index contributed by atoms with van der Waals surface area (Å²) >= 11 is 0. The van der Waals surface area contributed by atoms with E-state index in [9.17, 15) is 4.79 Å². The number of aryl methyl sites for hydroxylation is 1. The van der Waals surface area contributed by atoms with Gasteiger partial charge < -0.3 is 14.4 Å². The highest BCUT2D eigenvalue weighted by Gasteiger charge is 2.11. The molecule has 5 nitrogen and oxygen atoms in total. The van der Waals surface area contributed by atoms with Gasteiger partial charge >= 0.3 is 5.97 Å². The molecule has 0 aliphatic heterocycles. The largest absolute Gasteiger partial charge is 0.494 e. The first-order chi connectivity index (χ1) is 9.18. The molecule has 1 N–H and O–H groups in total. The Morgan fingerprint density at radius 3 is 2.74 bits per heavy atom. The Labute approximate surface area is 111 Å². The highest BCUT2D eigenvalue weighted by atomic mass is 16.5. The monoisotopic (exact) mass is 260 g/mol. The minimum atomic E-state index is -0.957. The number of hydrogen-bond acceptors (Lipinski definition) is 3. The zero-order valence-electron chi connectivity index (χ0n) is 10.7. The van der Waals surface area contributed by atoms with Gasteiger partial charge in [-0.15, -0.1) is 0 Å². The molecule has 0 aliphatic rings. The first-order valence-electron chi connectivity index (χ1n) is 6.10. The van der Waals surface area contributed by atoms with Crippen LogP contribution in [-0.2, 0) is 13.5 Å². The number of para-hydroxylation sites is 1. The molecule has 0 aliphatic carbocycles. The van der Waals surface area contributed by atoms with Crippen LogP contribution < -0.4 is 4.74 Å². The van der Waals surface area contributed by atoms with Gasteiger partial charge in [-0.05, 0) is 18.6 Å².